The maximum absolute atomic E-state index is 14.5. The van der Waals surface area contributed by atoms with Gasteiger partial charge in [0.05, 0.1) is 11.4 Å². The van der Waals surface area contributed by atoms with Gasteiger partial charge in [0.15, 0.2) is 17.3 Å². The van der Waals surface area contributed by atoms with Crippen molar-refractivity contribution in [3.05, 3.63) is 64.9 Å². The van der Waals surface area contributed by atoms with Crippen LogP contribution < -0.4 is 10.5 Å². The van der Waals surface area contributed by atoms with E-state index < -0.39 is 6.10 Å². The highest BCUT2D eigenvalue weighted by Gasteiger charge is 2.32. The molecule has 1 fully saturated rings. The predicted molar refractivity (Wildman–Crippen MR) is 150 cm³/mol. The number of fused-ring (bicyclic) bond motifs is 7. The fourth-order valence-corrected chi connectivity index (χ4v) is 5.34. The van der Waals surface area contributed by atoms with Crippen molar-refractivity contribution in [3.63, 3.8) is 0 Å². The van der Waals surface area contributed by atoms with Crippen LogP contribution in [0.3, 0.4) is 0 Å². The molecule has 9 nitrogen and oxygen atoms in total. The number of hydrogen-bond donors (Lipinski definition) is 1. The highest BCUT2D eigenvalue weighted by atomic mass is 19.1. The predicted octanol–water partition coefficient (Wildman–Crippen LogP) is 5.00. The molecule has 4 heterocycles. The first-order valence-corrected chi connectivity index (χ1v) is 13.7. The Kier molecular flexibility index (Phi) is 6.35. The zero-order chi connectivity index (χ0) is 28.3. The van der Waals surface area contributed by atoms with Crippen LogP contribution in [0.25, 0.3) is 22.5 Å². The van der Waals surface area contributed by atoms with Crippen LogP contribution in [0.5, 0.6) is 5.75 Å². The van der Waals surface area contributed by atoms with Crippen LogP contribution in [0.4, 0.5) is 10.2 Å². The lowest BCUT2D eigenvalue weighted by Gasteiger charge is -2.22. The van der Waals surface area contributed by atoms with Gasteiger partial charge in [-0.3, -0.25) is 14.2 Å². The van der Waals surface area contributed by atoms with Crippen LogP contribution in [0.15, 0.2) is 36.7 Å². The summed E-state index contributed by atoms with van der Waals surface area (Å²) in [6, 6.07) is 6.49. The van der Waals surface area contributed by atoms with E-state index in [0.717, 1.165) is 40.8 Å². The summed E-state index contributed by atoms with van der Waals surface area (Å²) < 4.78 is 24.6. The van der Waals surface area contributed by atoms with Gasteiger partial charge in [0, 0.05) is 73.3 Å². The molecule has 0 unspecified atom stereocenters. The number of amides is 1. The number of nitrogens with two attached hydrogens (primary N) is 1. The first-order valence-electron chi connectivity index (χ1n) is 13.7. The number of ether oxygens (including phenoxy) is 1. The summed E-state index contributed by atoms with van der Waals surface area (Å²) in [4.78, 5) is 20.0. The number of halogens is 1. The van der Waals surface area contributed by atoms with Gasteiger partial charge in [-0.2, -0.15) is 10.2 Å². The van der Waals surface area contributed by atoms with E-state index in [1.807, 2.05) is 44.8 Å². The van der Waals surface area contributed by atoms with Gasteiger partial charge >= 0.3 is 0 Å². The highest BCUT2D eigenvalue weighted by molar-refractivity contribution is 5.96. The number of carbonyl (C=O) groups is 1. The standard InChI is InChI=1S/C30H34FN7O2/c1-16(2)37(5)30(39)27-24-10-20-15-36(4)34-26(20)22-9-8-21(31)12-23(22)17(3)40-25-11-19(13-33-29(25)32)28(24)38(35-27)14-18-6-7-18/h8-9,11-13,15-18H,6-7,10,14H2,1-5H3,(H2,32,33)/t17-/m1/s1. The second-order valence-corrected chi connectivity index (χ2v) is 11.3. The topological polar surface area (TPSA) is 104 Å². The number of nitrogens with zero attached hydrogens (tertiary/aromatic N) is 6. The molecular weight excluding hydrogens is 509 g/mol. The van der Waals surface area contributed by atoms with Gasteiger partial charge in [-0.1, -0.05) is 0 Å². The van der Waals surface area contributed by atoms with Gasteiger partial charge in [-0.05, 0) is 63.8 Å². The third-order valence-corrected chi connectivity index (χ3v) is 7.91. The number of aryl methyl sites for hydroxylation is 1. The van der Waals surface area contributed by atoms with Crippen LogP contribution in [-0.4, -0.2) is 48.4 Å². The molecule has 1 aliphatic carbocycles. The van der Waals surface area contributed by atoms with Crippen molar-refractivity contribution in [2.24, 2.45) is 13.0 Å². The Morgan fingerprint density at radius 3 is 2.75 bits per heavy atom. The molecule has 0 spiro atoms. The minimum Gasteiger partial charge on any atom is -0.482 e. The molecule has 1 atom stereocenters. The Balaban J connectivity index is 1.65. The van der Waals surface area contributed by atoms with E-state index in [0.29, 0.717) is 41.6 Å². The van der Waals surface area contributed by atoms with E-state index in [4.69, 9.17) is 20.7 Å². The van der Waals surface area contributed by atoms with Crippen LogP contribution in [0.1, 0.15) is 66.9 Å². The van der Waals surface area contributed by atoms with Crippen molar-refractivity contribution >= 4 is 11.7 Å². The molecule has 0 radical (unpaired) electrons. The average molecular weight is 544 g/mol. The second-order valence-electron chi connectivity index (χ2n) is 11.3. The molecule has 6 rings (SSSR count). The van der Waals surface area contributed by atoms with Gasteiger partial charge in [0.25, 0.3) is 5.91 Å². The van der Waals surface area contributed by atoms with Crippen molar-refractivity contribution in [2.75, 3.05) is 12.8 Å². The maximum Gasteiger partial charge on any atom is 0.274 e. The Morgan fingerprint density at radius 1 is 1.25 bits per heavy atom. The quantitative estimate of drug-likeness (QED) is 0.388. The number of aromatic nitrogens is 5. The zero-order valence-corrected chi connectivity index (χ0v) is 23.5. The third-order valence-electron chi connectivity index (χ3n) is 7.91. The average Bonchev–Trinajstić information content (AvgIpc) is 3.56. The number of rotatable bonds is 4. The number of carbonyl (C=O) groups excluding carboxylic acids is 1. The lowest BCUT2D eigenvalue weighted by molar-refractivity contribution is 0.0747. The number of anilines is 1. The van der Waals surface area contributed by atoms with Crippen LogP contribution in [0, 0.1) is 11.7 Å². The first kappa shape index (κ1) is 26.0. The van der Waals surface area contributed by atoms with Crippen molar-refractivity contribution in [1.29, 1.82) is 0 Å². The summed E-state index contributed by atoms with van der Waals surface area (Å²) in [6.45, 7) is 6.53. The first-order chi connectivity index (χ1) is 19.1. The minimum atomic E-state index is -0.535. The monoisotopic (exact) mass is 543 g/mol. The van der Waals surface area contributed by atoms with Crippen LogP contribution in [0.2, 0.25) is 0 Å². The van der Waals surface area contributed by atoms with E-state index in [-0.39, 0.29) is 23.6 Å². The normalized spacial score (nSPS) is 16.3. The van der Waals surface area contributed by atoms with Gasteiger partial charge in [0.2, 0.25) is 0 Å². The van der Waals surface area contributed by atoms with Crippen molar-refractivity contribution < 1.29 is 13.9 Å². The lowest BCUT2D eigenvalue weighted by atomic mass is 9.93. The molecule has 10 heteroatoms. The number of hydrogen-bond acceptors (Lipinski definition) is 6. The van der Waals surface area contributed by atoms with Gasteiger partial charge in [-0.15, -0.1) is 0 Å². The van der Waals surface area contributed by atoms with Gasteiger partial charge < -0.3 is 15.4 Å². The Bertz CT molecular complexity index is 1620. The van der Waals surface area contributed by atoms with E-state index in [2.05, 4.69) is 4.98 Å². The zero-order valence-electron chi connectivity index (χ0n) is 23.5. The molecule has 1 saturated carbocycles. The molecule has 40 heavy (non-hydrogen) atoms. The smallest absolute Gasteiger partial charge is 0.274 e. The molecule has 3 aromatic heterocycles. The molecule has 2 N–H and O–H groups in total. The van der Waals surface area contributed by atoms with Crippen molar-refractivity contribution in [1.82, 2.24) is 29.4 Å². The lowest BCUT2D eigenvalue weighted by Crippen LogP contribution is -2.34. The Hall–Kier alpha value is -4.21. The summed E-state index contributed by atoms with van der Waals surface area (Å²) in [6.07, 6.45) is 5.80. The summed E-state index contributed by atoms with van der Waals surface area (Å²) in [5.41, 5.74) is 12.1. The van der Waals surface area contributed by atoms with Crippen molar-refractivity contribution in [3.8, 4) is 28.3 Å². The minimum absolute atomic E-state index is 0.00150. The molecule has 1 aliphatic heterocycles. The summed E-state index contributed by atoms with van der Waals surface area (Å²) in [5.74, 6) is 0.625. The highest BCUT2D eigenvalue weighted by Crippen LogP contribution is 2.40. The Labute approximate surface area is 232 Å². The number of pyridine rings is 1. The number of nitrogen functional groups attached to an aromatic ring is 1. The summed E-state index contributed by atoms with van der Waals surface area (Å²) in [5, 5.41) is 9.73. The molecule has 4 aromatic rings. The molecule has 0 saturated heterocycles. The molecule has 1 amide bonds. The summed E-state index contributed by atoms with van der Waals surface area (Å²) in [7, 11) is 3.66. The Morgan fingerprint density at radius 2 is 2.02 bits per heavy atom. The van der Waals surface area contributed by atoms with E-state index in [9.17, 15) is 9.18 Å². The van der Waals surface area contributed by atoms with Crippen LogP contribution in [-0.2, 0) is 20.0 Å². The molecule has 2 aliphatic rings. The molecule has 1 aromatic carbocycles. The van der Waals surface area contributed by atoms with Gasteiger partial charge in [0.1, 0.15) is 11.9 Å². The van der Waals surface area contributed by atoms with Gasteiger partial charge in [-0.25, -0.2) is 9.37 Å². The SMILES string of the molecule is CC(C)N(C)C(=O)c1nn(CC2CC2)c2c1Cc1cn(C)nc1-c1ccc(F)cc1[C@@H](C)Oc1cc-2cnc1N. The second kappa shape index (κ2) is 9.76. The van der Waals surface area contributed by atoms with E-state index in [1.165, 1.54) is 12.1 Å². The number of benzene rings is 1. The van der Waals surface area contributed by atoms with E-state index >= 15 is 0 Å². The summed E-state index contributed by atoms with van der Waals surface area (Å²) >= 11 is 0. The van der Waals surface area contributed by atoms with Crippen molar-refractivity contribution in [2.45, 2.75) is 58.7 Å². The molecule has 2 bridgehead atoms. The maximum atomic E-state index is 14.5. The third kappa shape index (κ3) is 4.61. The largest absolute Gasteiger partial charge is 0.482 e. The fourth-order valence-electron chi connectivity index (χ4n) is 5.34. The van der Waals surface area contributed by atoms with Crippen LogP contribution >= 0.6 is 0 Å². The molecular formula is C30H34FN7O2. The van der Waals surface area contributed by atoms with E-state index in [1.54, 1.807) is 28.9 Å². The molecule has 208 valence electrons. The fraction of sp³-hybridized carbons (Fsp3) is 0.400.